The highest BCUT2D eigenvalue weighted by atomic mass is 127. The summed E-state index contributed by atoms with van der Waals surface area (Å²) in [5, 5.41) is 0. The van der Waals surface area contributed by atoms with Crippen LogP contribution in [0.2, 0.25) is 0 Å². The third-order valence-electron chi connectivity index (χ3n) is 8.49. The zero-order valence-corrected chi connectivity index (χ0v) is 33.2. The van der Waals surface area contributed by atoms with Crippen molar-refractivity contribution in [2.24, 2.45) is 0 Å². The van der Waals surface area contributed by atoms with Crippen LogP contribution < -0.4 is 24.0 Å². The van der Waals surface area contributed by atoms with Crippen LogP contribution in [0.1, 0.15) is 206 Å². The second kappa shape index (κ2) is 37.4. The number of nitrogens with zero attached hydrogens (tertiary/aromatic N) is 1. The fraction of sp³-hybridized carbons (Fsp3) is 0.857. The highest BCUT2D eigenvalue weighted by Gasteiger charge is 2.23. The Hall–Kier alpha value is -0.890. The van der Waals surface area contributed by atoms with Gasteiger partial charge < -0.3 is 37.9 Å². The van der Waals surface area contributed by atoms with E-state index >= 15 is 0 Å². The third kappa shape index (κ3) is 39.5. The van der Waals surface area contributed by atoms with Gasteiger partial charge in [0, 0.05) is 12.8 Å². The molecule has 284 valence electrons. The number of allylic oxidation sites excluding steroid dienone is 4. The predicted molar refractivity (Wildman–Crippen MR) is 203 cm³/mol. The summed E-state index contributed by atoms with van der Waals surface area (Å²) in [6, 6.07) is 0. The van der Waals surface area contributed by atoms with Crippen molar-refractivity contribution in [2.45, 2.75) is 200 Å². The van der Waals surface area contributed by atoms with Crippen molar-refractivity contribution < 1.29 is 59.9 Å². The van der Waals surface area contributed by atoms with Crippen molar-refractivity contribution in [1.82, 2.24) is 0 Å². The summed E-state index contributed by atoms with van der Waals surface area (Å²) in [5.74, 6) is -1.32. The first-order valence-corrected chi connectivity index (χ1v) is 19.6. The van der Waals surface area contributed by atoms with Crippen molar-refractivity contribution in [2.75, 3.05) is 34.1 Å². The molecule has 0 aromatic rings. The molecule has 0 bridgehead atoms. The van der Waals surface area contributed by atoms with Gasteiger partial charge >= 0.3 is 11.9 Å². The molecule has 48 heavy (non-hydrogen) atoms. The minimum absolute atomic E-state index is 0. The molecule has 6 heteroatoms. The first-order chi connectivity index (χ1) is 26.5. The second-order valence-corrected chi connectivity index (χ2v) is 13.5. The molecule has 1 unspecified atom stereocenters. The number of rotatable bonds is 35. The van der Waals surface area contributed by atoms with Gasteiger partial charge in [-0.2, -0.15) is 0 Å². The summed E-state index contributed by atoms with van der Waals surface area (Å²) in [4.78, 5) is 25.5. The van der Waals surface area contributed by atoms with Crippen molar-refractivity contribution in [1.29, 1.82) is 0 Å². The molecule has 0 heterocycles. The van der Waals surface area contributed by atoms with Crippen LogP contribution in [0.25, 0.3) is 0 Å². The Labute approximate surface area is 329 Å². The molecule has 0 saturated carbocycles. The number of ether oxygens (including phenoxy) is 2. The van der Waals surface area contributed by atoms with Crippen LogP contribution >= 0.6 is 0 Å². The molecular formula is C42H80INO4. The molecule has 0 N–H and O–H groups in total. The van der Waals surface area contributed by atoms with Gasteiger partial charge in [-0.05, 0) is 64.2 Å². The number of hydrogen-bond acceptors (Lipinski definition) is 4. The lowest BCUT2D eigenvalue weighted by Crippen LogP contribution is -3.00. The lowest BCUT2D eigenvalue weighted by molar-refractivity contribution is -0.873. The van der Waals surface area contributed by atoms with Gasteiger partial charge in [-0.15, -0.1) is 0 Å². The third-order valence-corrected chi connectivity index (χ3v) is 8.49. The highest BCUT2D eigenvalue weighted by Crippen LogP contribution is 2.13. The summed E-state index contributed by atoms with van der Waals surface area (Å²) >= 11 is 0. The number of unbranched alkanes of at least 4 members (excludes halogenated alkanes) is 22. The molecule has 0 fully saturated rings. The zero-order valence-electron chi connectivity index (χ0n) is 40.1. The van der Waals surface area contributed by atoms with Crippen LogP contribution in [0.4, 0.5) is 0 Å². The molecule has 0 saturated heterocycles. The molecular weight excluding hydrogens is 709 g/mol. The van der Waals surface area contributed by atoms with Crippen molar-refractivity contribution in [3.63, 3.8) is 0 Å². The van der Waals surface area contributed by atoms with Crippen LogP contribution in [0.5, 0.6) is 0 Å². The number of carbonyl (C=O) groups is 2. The molecule has 0 rings (SSSR count). The molecule has 5 nitrogen and oxygen atoms in total. The van der Waals surface area contributed by atoms with Gasteiger partial charge in [0.2, 0.25) is 0 Å². The van der Waals surface area contributed by atoms with E-state index in [0.29, 0.717) is 12.8 Å². The monoisotopic (exact) mass is 799 g/mol. The zero-order chi connectivity index (χ0) is 42.2. The van der Waals surface area contributed by atoms with Crippen LogP contribution in [0.15, 0.2) is 24.3 Å². The smallest absolute Gasteiger partial charge is 0.306 e. The molecule has 0 aromatic carbocycles. The molecule has 0 spiro atoms. The lowest BCUT2D eigenvalue weighted by Gasteiger charge is -2.28. The summed E-state index contributed by atoms with van der Waals surface area (Å²) in [6.07, 6.45) is 36.1. The van der Waals surface area contributed by atoms with Crippen molar-refractivity contribution in [3.05, 3.63) is 24.3 Å². The Balaban J connectivity index is 0. The molecule has 0 aliphatic carbocycles. The van der Waals surface area contributed by atoms with E-state index < -0.39 is 56.6 Å². The maximum atomic E-state index is 12.9. The van der Waals surface area contributed by atoms with E-state index in [1.165, 1.54) is 77.0 Å². The molecule has 1 atom stereocenters. The second-order valence-electron chi connectivity index (χ2n) is 13.5. The number of quaternary nitrogens is 1. The van der Waals surface area contributed by atoms with Crippen LogP contribution in [0, 0.1) is 0 Å². The van der Waals surface area contributed by atoms with E-state index in [4.69, 9.17) is 21.8 Å². The molecule has 0 aliphatic heterocycles. The van der Waals surface area contributed by atoms with E-state index in [0.717, 1.165) is 77.0 Å². The minimum atomic E-state index is -3.52. The SMILES string of the molecule is [2H]C([2H])([2H])[N+](CC(COC(=O)CCCCCCC/C=C\CCCCCCCC)OC(=O)CCCCCCC/C=C\CCCCCCCC)(C([2H])([2H])[2H])C([2H])([2H])[2H].[I-]. The van der Waals surface area contributed by atoms with Crippen LogP contribution in [-0.2, 0) is 19.1 Å². The normalized spacial score (nSPS) is 16.0. The van der Waals surface area contributed by atoms with Crippen LogP contribution in [0.3, 0.4) is 0 Å². The van der Waals surface area contributed by atoms with Crippen molar-refractivity contribution >= 4 is 11.9 Å². The molecule has 0 radical (unpaired) electrons. The van der Waals surface area contributed by atoms with E-state index in [2.05, 4.69) is 38.2 Å². The van der Waals surface area contributed by atoms with Gasteiger partial charge in [-0.1, -0.05) is 141 Å². The number of esters is 2. The van der Waals surface area contributed by atoms with Gasteiger partial charge in [0.15, 0.2) is 6.10 Å². The van der Waals surface area contributed by atoms with Gasteiger partial charge in [0.05, 0.1) is 33.3 Å². The summed E-state index contributed by atoms with van der Waals surface area (Å²) in [7, 11) is 0. The minimum Gasteiger partial charge on any atom is -1.00 e. The summed E-state index contributed by atoms with van der Waals surface area (Å²) in [5.41, 5.74) is 0. The van der Waals surface area contributed by atoms with Gasteiger partial charge in [0.25, 0.3) is 0 Å². The van der Waals surface area contributed by atoms with Crippen molar-refractivity contribution in [3.8, 4) is 0 Å². The average molecular weight is 799 g/mol. The quantitative estimate of drug-likeness (QED) is 0.0211. The summed E-state index contributed by atoms with van der Waals surface area (Å²) in [6.45, 7) is -7.82. The molecule has 0 aliphatic rings. The Morgan fingerprint density at radius 1 is 0.542 bits per heavy atom. The standard InChI is InChI=1S/C42H80NO4.HI/c1-6-8-10-12-14-16-18-20-22-24-26-28-30-32-34-36-41(44)46-39-40(38-43(3,4)5)47-42(45)37-35-33-31-29-27-25-23-21-19-17-15-13-11-9-7-2;/h20-23,40H,6-19,24-39H2,1-5H3;1H/q+1;/p-1/b22-20-,23-21-;/i3D3,4D3,5D3;. The Kier molecular flexibility index (Phi) is 26.6. The number of carbonyl (C=O) groups excluding carboxylic acids is 2. The largest absolute Gasteiger partial charge is 1.00 e. The number of likely N-dealkylation sites (N-methyl/N-ethyl adjacent to an activating group) is 1. The maximum absolute atomic E-state index is 12.9. The van der Waals surface area contributed by atoms with Crippen LogP contribution in [-0.4, -0.2) is 56.6 Å². The van der Waals surface area contributed by atoms with E-state index in [-0.39, 0.29) is 36.8 Å². The topological polar surface area (TPSA) is 52.6 Å². The fourth-order valence-corrected chi connectivity index (χ4v) is 5.61. The number of hydrogen-bond donors (Lipinski definition) is 0. The van der Waals surface area contributed by atoms with E-state index in [1.807, 2.05) is 0 Å². The first-order valence-electron chi connectivity index (χ1n) is 24.1. The predicted octanol–water partition coefficient (Wildman–Crippen LogP) is 9.23. The average Bonchev–Trinajstić information content (AvgIpc) is 3.11. The Morgan fingerprint density at radius 3 is 1.29 bits per heavy atom. The van der Waals surface area contributed by atoms with Gasteiger partial charge in [0.1, 0.15) is 13.2 Å². The maximum Gasteiger partial charge on any atom is 0.306 e. The Bertz CT molecular complexity index is 1010. The molecule has 0 amide bonds. The summed E-state index contributed by atoms with van der Waals surface area (Å²) < 4.78 is 80.4. The van der Waals surface area contributed by atoms with Gasteiger partial charge in [-0.25, -0.2) is 0 Å². The lowest BCUT2D eigenvalue weighted by atomic mass is 10.1. The van der Waals surface area contributed by atoms with Gasteiger partial charge in [-0.3, -0.25) is 9.59 Å². The van der Waals surface area contributed by atoms with E-state index in [1.54, 1.807) is 0 Å². The molecule has 0 aromatic heterocycles. The highest BCUT2D eigenvalue weighted by molar-refractivity contribution is 5.70. The Morgan fingerprint density at radius 2 is 0.896 bits per heavy atom. The fourth-order valence-electron chi connectivity index (χ4n) is 5.61. The number of halogens is 1. The van der Waals surface area contributed by atoms with E-state index in [9.17, 15) is 9.59 Å². The first kappa shape index (κ1) is 34.2.